The van der Waals surface area contributed by atoms with Gasteiger partial charge >= 0.3 is 6.09 Å². The van der Waals surface area contributed by atoms with E-state index in [0.29, 0.717) is 12.5 Å². The predicted octanol–water partition coefficient (Wildman–Crippen LogP) is 4.24. The van der Waals surface area contributed by atoms with E-state index in [1.807, 2.05) is 40.8 Å². The summed E-state index contributed by atoms with van der Waals surface area (Å²) in [6.07, 6.45) is 2.43. The zero-order chi connectivity index (χ0) is 16.2. The number of amides is 1. The molecule has 1 unspecified atom stereocenters. The summed E-state index contributed by atoms with van der Waals surface area (Å²) in [6.45, 7) is 14.5. The van der Waals surface area contributed by atoms with Crippen LogP contribution in [-0.4, -0.2) is 33.1 Å². The topological polar surface area (TPSA) is 58.2 Å². The van der Waals surface area contributed by atoms with Crippen molar-refractivity contribution in [3.05, 3.63) is 17.7 Å². The Labute approximate surface area is 128 Å². The monoisotopic (exact) mass is 295 g/mol. The minimum atomic E-state index is -0.491. The van der Waals surface area contributed by atoms with E-state index in [-0.39, 0.29) is 12.1 Å². The average Bonchev–Trinajstić information content (AvgIpc) is 2.82. The Morgan fingerprint density at radius 3 is 2.43 bits per heavy atom. The van der Waals surface area contributed by atoms with E-state index in [1.54, 1.807) is 4.90 Å². The Kier molecular flexibility index (Phi) is 5.81. The first-order valence-electron chi connectivity index (χ1n) is 7.70. The molecule has 0 aliphatic heterocycles. The Hall–Kier alpha value is -1.52. The van der Waals surface area contributed by atoms with Gasteiger partial charge in [0.05, 0.1) is 6.04 Å². The predicted molar refractivity (Wildman–Crippen MR) is 84.3 cm³/mol. The summed E-state index contributed by atoms with van der Waals surface area (Å²) in [5.74, 6) is 1.19. The molecule has 1 amide bonds. The van der Waals surface area contributed by atoms with Crippen molar-refractivity contribution in [2.75, 3.05) is 6.54 Å². The molecule has 1 atom stereocenters. The number of carbonyl (C=O) groups is 1. The average molecular weight is 295 g/mol. The molecule has 0 saturated heterocycles. The minimum absolute atomic E-state index is 0.132. The number of ether oxygens (including phenoxy) is 1. The highest BCUT2D eigenvalue weighted by molar-refractivity contribution is 5.68. The van der Waals surface area contributed by atoms with E-state index in [0.717, 1.165) is 17.9 Å². The van der Waals surface area contributed by atoms with Gasteiger partial charge in [-0.3, -0.25) is 4.90 Å². The molecule has 0 bridgehead atoms. The van der Waals surface area contributed by atoms with Crippen molar-refractivity contribution in [1.82, 2.24) is 14.9 Å². The number of hydrogen-bond donors (Lipinski definition) is 1. The first-order chi connectivity index (χ1) is 9.65. The van der Waals surface area contributed by atoms with Crippen LogP contribution in [0.2, 0.25) is 0 Å². The summed E-state index contributed by atoms with van der Waals surface area (Å²) in [7, 11) is 0. The summed E-state index contributed by atoms with van der Waals surface area (Å²) in [6, 6.07) is -0.132. The van der Waals surface area contributed by atoms with Gasteiger partial charge in [0.25, 0.3) is 0 Å². The molecule has 0 aromatic carbocycles. The van der Waals surface area contributed by atoms with Crippen LogP contribution >= 0.6 is 0 Å². The fourth-order valence-electron chi connectivity index (χ4n) is 2.01. The lowest BCUT2D eigenvalue weighted by atomic mass is 10.2. The first kappa shape index (κ1) is 17.5. The van der Waals surface area contributed by atoms with Crippen LogP contribution in [-0.2, 0) is 4.74 Å². The first-order valence-corrected chi connectivity index (χ1v) is 7.70. The SMILES string of the molecule is CCCN(C(=O)OC(C)(C)C)C(C)c1ncc(C(C)C)[nH]1. The van der Waals surface area contributed by atoms with Gasteiger partial charge in [0.1, 0.15) is 11.4 Å². The van der Waals surface area contributed by atoms with Crippen LogP contribution in [0.3, 0.4) is 0 Å². The molecule has 1 heterocycles. The van der Waals surface area contributed by atoms with Gasteiger partial charge in [-0.15, -0.1) is 0 Å². The van der Waals surface area contributed by atoms with E-state index in [1.165, 1.54) is 0 Å². The van der Waals surface area contributed by atoms with E-state index in [4.69, 9.17) is 4.74 Å². The van der Waals surface area contributed by atoms with Crippen LogP contribution in [0, 0.1) is 0 Å². The highest BCUT2D eigenvalue weighted by atomic mass is 16.6. The van der Waals surface area contributed by atoms with Gasteiger partial charge in [-0.25, -0.2) is 9.78 Å². The molecule has 0 saturated carbocycles. The maximum atomic E-state index is 12.4. The molecule has 5 heteroatoms. The molecule has 1 aromatic rings. The van der Waals surface area contributed by atoms with Crippen LogP contribution in [0.4, 0.5) is 4.79 Å². The highest BCUT2D eigenvalue weighted by Gasteiger charge is 2.27. The Morgan fingerprint density at radius 2 is 2.00 bits per heavy atom. The summed E-state index contributed by atoms with van der Waals surface area (Å²) in [4.78, 5) is 21.8. The zero-order valence-electron chi connectivity index (χ0n) is 14.4. The molecule has 0 radical (unpaired) electrons. The molecule has 120 valence electrons. The molecule has 0 spiro atoms. The normalized spacial score (nSPS) is 13.3. The third-order valence-corrected chi connectivity index (χ3v) is 3.19. The lowest BCUT2D eigenvalue weighted by Crippen LogP contribution is -2.39. The summed E-state index contributed by atoms with van der Waals surface area (Å²) < 4.78 is 5.49. The van der Waals surface area contributed by atoms with Crippen LogP contribution in [0.25, 0.3) is 0 Å². The van der Waals surface area contributed by atoms with Crippen molar-refractivity contribution in [3.63, 3.8) is 0 Å². The number of aromatic amines is 1. The molecule has 5 nitrogen and oxygen atoms in total. The van der Waals surface area contributed by atoms with Gasteiger partial charge in [-0.1, -0.05) is 20.8 Å². The van der Waals surface area contributed by atoms with Crippen molar-refractivity contribution in [3.8, 4) is 0 Å². The van der Waals surface area contributed by atoms with Gasteiger partial charge in [0.2, 0.25) is 0 Å². The van der Waals surface area contributed by atoms with Crippen molar-refractivity contribution in [2.45, 2.75) is 72.4 Å². The summed E-state index contributed by atoms with van der Waals surface area (Å²) in [5, 5.41) is 0. The van der Waals surface area contributed by atoms with Crippen LogP contribution in [0.1, 0.15) is 78.4 Å². The van der Waals surface area contributed by atoms with Gasteiger partial charge in [-0.2, -0.15) is 0 Å². The lowest BCUT2D eigenvalue weighted by Gasteiger charge is -2.30. The maximum Gasteiger partial charge on any atom is 0.410 e. The quantitative estimate of drug-likeness (QED) is 0.883. The second-order valence-electron chi connectivity index (χ2n) is 6.73. The van der Waals surface area contributed by atoms with E-state index in [9.17, 15) is 4.79 Å². The van der Waals surface area contributed by atoms with Crippen molar-refractivity contribution >= 4 is 6.09 Å². The molecular formula is C16H29N3O2. The largest absolute Gasteiger partial charge is 0.444 e. The number of imidazole rings is 1. The lowest BCUT2D eigenvalue weighted by molar-refractivity contribution is 0.0166. The van der Waals surface area contributed by atoms with Gasteiger partial charge in [0, 0.05) is 18.4 Å². The molecular weight excluding hydrogens is 266 g/mol. The molecule has 21 heavy (non-hydrogen) atoms. The van der Waals surface area contributed by atoms with Crippen LogP contribution in [0.5, 0.6) is 0 Å². The van der Waals surface area contributed by atoms with E-state index < -0.39 is 5.60 Å². The van der Waals surface area contributed by atoms with Gasteiger partial charge in [-0.05, 0) is 40.0 Å². The van der Waals surface area contributed by atoms with E-state index in [2.05, 4.69) is 23.8 Å². The van der Waals surface area contributed by atoms with Crippen LogP contribution in [0.15, 0.2) is 6.20 Å². The third kappa shape index (κ3) is 5.06. The van der Waals surface area contributed by atoms with Crippen molar-refractivity contribution < 1.29 is 9.53 Å². The van der Waals surface area contributed by atoms with Gasteiger partial charge in [0.15, 0.2) is 0 Å². The Balaban J connectivity index is 2.90. The number of aromatic nitrogens is 2. The fraction of sp³-hybridized carbons (Fsp3) is 0.750. The molecule has 0 aliphatic rings. The number of nitrogens with one attached hydrogen (secondary N) is 1. The van der Waals surface area contributed by atoms with Gasteiger partial charge < -0.3 is 9.72 Å². The number of H-pyrrole nitrogens is 1. The fourth-order valence-corrected chi connectivity index (χ4v) is 2.01. The number of rotatable bonds is 5. The van der Waals surface area contributed by atoms with Crippen molar-refractivity contribution in [2.24, 2.45) is 0 Å². The van der Waals surface area contributed by atoms with Crippen LogP contribution < -0.4 is 0 Å². The number of nitrogens with zero attached hydrogens (tertiary/aromatic N) is 2. The smallest absolute Gasteiger partial charge is 0.410 e. The minimum Gasteiger partial charge on any atom is -0.444 e. The Morgan fingerprint density at radius 1 is 1.38 bits per heavy atom. The number of carbonyl (C=O) groups excluding carboxylic acids is 1. The summed E-state index contributed by atoms with van der Waals surface area (Å²) in [5.41, 5.74) is 0.590. The highest BCUT2D eigenvalue weighted by Crippen LogP contribution is 2.22. The van der Waals surface area contributed by atoms with E-state index >= 15 is 0 Å². The molecule has 0 fully saturated rings. The Bertz CT molecular complexity index is 460. The molecule has 1 rings (SSSR count). The summed E-state index contributed by atoms with van der Waals surface area (Å²) >= 11 is 0. The number of hydrogen-bond acceptors (Lipinski definition) is 3. The molecule has 1 aromatic heterocycles. The zero-order valence-corrected chi connectivity index (χ0v) is 14.4. The molecule has 1 N–H and O–H groups in total. The second-order valence-corrected chi connectivity index (χ2v) is 6.73. The standard InChI is InChI=1S/C16H29N3O2/c1-8-9-19(15(20)21-16(5,6)7)12(4)14-17-10-13(18-14)11(2)3/h10-12H,8-9H2,1-7H3,(H,17,18). The second kappa shape index (κ2) is 6.96. The third-order valence-electron chi connectivity index (χ3n) is 3.19. The molecule has 0 aliphatic carbocycles. The van der Waals surface area contributed by atoms with Crippen molar-refractivity contribution in [1.29, 1.82) is 0 Å². The maximum absolute atomic E-state index is 12.4.